The van der Waals surface area contributed by atoms with E-state index in [0.717, 1.165) is 28.3 Å². The number of amides is 1. The number of anilines is 2. The van der Waals surface area contributed by atoms with Gasteiger partial charge in [0, 0.05) is 23.2 Å². The summed E-state index contributed by atoms with van der Waals surface area (Å²) < 4.78 is 1.71. The molecular formula is C20H20N6OS. The van der Waals surface area contributed by atoms with Crippen molar-refractivity contribution in [1.29, 1.82) is 0 Å². The Kier molecular flexibility index (Phi) is 4.87. The molecule has 1 amide bonds. The van der Waals surface area contributed by atoms with E-state index in [1.54, 1.807) is 9.42 Å². The maximum Gasteiger partial charge on any atom is 0.252 e. The first-order valence-corrected chi connectivity index (χ1v) is 9.88. The van der Waals surface area contributed by atoms with Crippen LogP contribution in [0.5, 0.6) is 0 Å². The molecule has 0 saturated heterocycles. The van der Waals surface area contributed by atoms with E-state index < -0.39 is 0 Å². The molecule has 3 heterocycles. The van der Waals surface area contributed by atoms with Crippen LogP contribution in [0.15, 0.2) is 42.0 Å². The number of thiazole rings is 1. The average Bonchev–Trinajstić information content (AvgIpc) is 3.32. The molecule has 0 aliphatic rings. The van der Waals surface area contributed by atoms with Gasteiger partial charge >= 0.3 is 0 Å². The highest BCUT2D eigenvalue weighted by molar-refractivity contribution is 7.14. The lowest BCUT2D eigenvalue weighted by molar-refractivity contribution is -0.117. The van der Waals surface area contributed by atoms with Gasteiger partial charge in [-0.25, -0.2) is 14.5 Å². The maximum atomic E-state index is 13.2. The fraction of sp³-hybridized carbons (Fsp3) is 0.250. The summed E-state index contributed by atoms with van der Waals surface area (Å²) in [4.78, 5) is 28.1. The molecule has 28 heavy (non-hydrogen) atoms. The van der Waals surface area contributed by atoms with Crippen molar-refractivity contribution in [2.45, 2.75) is 33.6 Å². The van der Waals surface area contributed by atoms with Gasteiger partial charge in [0.1, 0.15) is 6.33 Å². The van der Waals surface area contributed by atoms with Crippen molar-refractivity contribution in [3.8, 4) is 0 Å². The number of benzene rings is 1. The third-order valence-corrected chi connectivity index (χ3v) is 5.58. The summed E-state index contributed by atoms with van der Waals surface area (Å²) in [5.74, 6) is 0.576. The van der Waals surface area contributed by atoms with E-state index in [9.17, 15) is 4.79 Å². The third-order valence-electron chi connectivity index (χ3n) is 4.64. The number of para-hydroxylation sites is 1. The van der Waals surface area contributed by atoms with Gasteiger partial charge in [-0.2, -0.15) is 10.1 Å². The molecule has 3 aromatic heterocycles. The zero-order valence-corrected chi connectivity index (χ0v) is 16.8. The second-order valence-electron chi connectivity index (χ2n) is 6.57. The van der Waals surface area contributed by atoms with Crippen LogP contribution in [0.2, 0.25) is 0 Å². The first kappa shape index (κ1) is 18.2. The Bertz CT molecular complexity index is 1130. The van der Waals surface area contributed by atoms with Gasteiger partial charge in [-0.15, -0.1) is 11.3 Å². The molecule has 4 rings (SSSR count). The molecule has 0 unspecified atom stereocenters. The molecule has 0 saturated carbocycles. The first-order valence-electron chi connectivity index (χ1n) is 9.00. The van der Waals surface area contributed by atoms with Crippen LogP contribution in [0.4, 0.5) is 10.8 Å². The fourth-order valence-electron chi connectivity index (χ4n) is 3.24. The van der Waals surface area contributed by atoms with Crippen LogP contribution in [-0.2, 0) is 11.2 Å². The number of fused-ring (bicyclic) bond motifs is 1. The van der Waals surface area contributed by atoms with Crippen LogP contribution in [-0.4, -0.2) is 30.5 Å². The molecule has 7 nitrogen and oxygen atoms in total. The molecule has 0 bridgehead atoms. The van der Waals surface area contributed by atoms with Crippen molar-refractivity contribution in [1.82, 2.24) is 24.6 Å². The molecule has 142 valence electrons. The lowest BCUT2D eigenvalue weighted by Gasteiger charge is -2.20. The topological polar surface area (TPSA) is 76.3 Å². The standard InChI is InChI=1S/C20H20N6OS/c1-13-11-28-20(23-13)25(16-7-5-4-6-8-16)18(27)10-9-17-14(2)24-19-21-12-22-26(19)15(17)3/h4-8,11-12H,9-10H2,1-3H3. The fourth-order valence-corrected chi connectivity index (χ4v) is 4.08. The van der Waals surface area contributed by atoms with Crippen LogP contribution in [0, 0.1) is 20.8 Å². The van der Waals surface area contributed by atoms with Gasteiger partial charge in [0.05, 0.1) is 11.4 Å². The van der Waals surface area contributed by atoms with Gasteiger partial charge in [0.25, 0.3) is 5.78 Å². The number of aromatic nitrogens is 5. The second kappa shape index (κ2) is 7.47. The molecule has 0 N–H and O–H groups in total. The Hall–Kier alpha value is -3.13. The zero-order chi connectivity index (χ0) is 19.7. The zero-order valence-electron chi connectivity index (χ0n) is 16.0. The van der Waals surface area contributed by atoms with Crippen LogP contribution >= 0.6 is 11.3 Å². The molecule has 0 atom stereocenters. The SMILES string of the molecule is Cc1csc(N(C(=O)CCc2c(C)nc3ncnn3c2C)c2ccccc2)n1. The monoisotopic (exact) mass is 392 g/mol. The Labute approximate surface area is 166 Å². The summed E-state index contributed by atoms with van der Waals surface area (Å²) in [6.45, 7) is 5.86. The number of carbonyl (C=O) groups excluding carboxylic acids is 1. The number of hydrogen-bond donors (Lipinski definition) is 0. The quantitative estimate of drug-likeness (QED) is 0.516. The molecule has 1 aromatic carbocycles. The van der Waals surface area contributed by atoms with E-state index in [0.29, 0.717) is 23.8 Å². The highest BCUT2D eigenvalue weighted by atomic mass is 32.1. The number of aryl methyl sites for hydroxylation is 3. The molecule has 0 spiro atoms. The molecule has 0 aliphatic heterocycles. The number of nitrogens with zero attached hydrogens (tertiary/aromatic N) is 6. The van der Waals surface area contributed by atoms with Crippen molar-refractivity contribution in [2.75, 3.05) is 4.90 Å². The van der Waals surface area contributed by atoms with Gasteiger partial charge < -0.3 is 0 Å². The minimum atomic E-state index is -0.00182. The summed E-state index contributed by atoms with van der Waals surface area (Å²) in [5, 5.41) is 6.86. The Morgan fingerprint density at radius 1 is 1.14 bits per heavy atom. The Balaban J connectivity index is 1.62. The van der Waals surface area contributed by atoms with Gasteiger partial charge in [-0.1, -0.05) is 18.2 Å². The third kappa shape index (κ3) is 3.38. The van der Waals surface area contributed by atoms with E-state index in [1.807, 2.05) is 56.5 Å². The van der Waals surface area contributed by atoms with Crippen molar-refractivity contribution < 1.29 is 4.79 Å². The highest BCUT2D eigenvalue weighted by Gasteiger charge is 2.22. The van der Waals surface area contributed by atoms with Gasteiger partial charge in [-0.3, -0.25) is 9.69 Å². The smallest absolute Gasteiger partial charge is 0.252 e. The lowest BCUT2D eigenvalue weighted by atomic mass is 10.1. The van der Waals surface area contributed by atoms with Crippen LogP contribution in [0.1, 0.15) is 29.1 Å². The molecule has 0 radical (unpaired) electrons. The van der Waals surface area contributed by atoms with Crippen LogP contribution in [0.25, 0.3) is 5.78 Å². The van der Waals surface area contributed by atoms with Crippen molar-refractivity contribution >= 4 is 33.8 Å². The molecule has 4 aromatic rings. The predicted octanol–water partition coefficient (Wildman–Crippen LogP) is 3.80. The van der Waals surface area contributed by atoms with E-state index in [2.05, 4.69) is 20.1 Å². The summed E-state index contributed by atoms with van der Waals surface area (Å²) >= 11 is 1.47. The summed E-state index contributed by atoms with van der Waals surface area (Å²) in [5.41, 5.74) is 4.59. The Morgan fingerprint density at radius 3 is 2.64 bits per heavy atom. The van der Waals surface area contributed by atoms with Crippen molar-refractivity contribution in [2.24, 2.45) is 0 Å². The minimum absolute atomic E-state index is 0.00182. The molecule has 0 fully saturated rings. The van der Waals surface area contributed by atoms with E-state index in [-0.39, 0.29) is 5.91 Å². The maximum absolute atomic E-state index is 13.2. The molecule has 0 aliphatic carbocycles. The van der Waals surface area contributed by atoms with Crippen LogP contribution < -0.4 is 4.90 Å². The summed E-state index contributed by atoms with van der Waals surface area (Å²) in [7, 11) is 0. The molecule has 8 heteroatoms. The number of hydrogen-bond acceptors (Lipinski definition) is 6. The predicted molar refractivity (Wildman–Crippen MR) is 109 cm³/mol. The number of rotatable bonds is 5. The lowest BCUT2D eigenvalue weighted by Crippen LogP contribution is -2.26. The minimum Gasteiger partial charge on any atom is -0.274 e. The van der Waals surface area contributed by atoms with Crippen molar-refractivity contribution in [3.63, 3.8) is 0 Å². The van der Waals surface area contributed by atoms with Gasteiger partial charge in [0.2, 0.25) is 5.91 Å². The average molecular weight is 392 g/mol. The second-order valence-corrected chi connectivity index (χ2v) is 7.41. The van der Waals surface area contributed by atoms with E-state index >= 15 is 0 Å². The Morgan fingerprint density at radius 2 is 1.93 bits per heavy atom. The van der Waals surface area contributed by atoms with Gasteiger partial charge in [-0.05, 0) is 44.9 Å². The van der Waals surface area contributed by atoms with Crippen molar-refractivity contribution in [3.05, 3.63) is 64.7 Å². The summed E-state index contributed by atoms with van der Waals surface area (Å²) in [6.07, 6.45) is 2.41. The summed E-state index contributed by atoms with van der Waals surface area (Å²) in [6, 6.07) is 9.63. The van der Waals surface area contributed by atoms with E-state index in [4.69, 9.17) is 0 Å². The van der Waals surface area contributed by atoms with E-state index in [1.165, 1.54) is 17.7 Å². The first-order chi connectivity index (χ1) is 13.5. The van der Waals surface area contributed by atoms with Crippen LogP contribution in [0.3, 0.4) is 0 Å². The number of carbonyl (C=O) groups is 1. The normalized spacial score (nSPS) is 11.1. The largest absolute Gasteiger partial charge is 0.274 e. The van der Waals surface area contributed by atoms with Gasteiger partial charge in [0.15, 0.2) is 5.13 Å². The highest BCUT2D eigenvalue weighted by Crippen LogP contribution is 2.29. The molecular weight excluding hydrogens is 372 g/mol.